The van der Waals surface area contributed by atoms with Gasteiger partial charge in [-0.05, 0) is 6.08 Å². The maximum absolute atomic E-state index is 4.01. The Labute approximate surface area is 52.7 Å². The molecule has 0 bridgehead atoms. The minimum absolute atomic E-state index is 0.779. The smallest absolute Gasteiger partial charge is 0.0977 e. The summed E-state index contributed by atoms with van der Waals surface area (Å²) >= 11 is 0. The molecule has 0 aromatic carbocycles. The third-order valence-electron chi connectivity index (χ3n) is 1.19. The van der Waals surface area contributed by atoms with Gasteiger partial charge in [0.25, 0.3) is 0 Å². The van der Waals surface area contributed by atoms with E-state index in [1.54, 1.807) is 16.5 Å². The highest BCUT2D eigenvalue weighted by atomic mass is 15.9. The zero-order valence-corrected chi connectivity index (χ0v) is 4.81. The van der Waals surface area contributed by atoms with E-state index in [-0.39, 0.29) is 0 Å². The molecule has 0 aromatic rings. The summed E-state index contributed by atoms with van der Waals surface area (Å²) in [5.74, 6) is 0. The number of hydrogen-bond donors (Lipinski definition) is 0. The Bertz CT molecular complexity index is 193. The van der Waals surface area contributed by atoms with Crippen LogP contribution in [0.3, 0.4) is 0 Å². The van der Waals surface area contributed by atoms with Crippen molar-refractivity contribution in [2.24, 2.45) is 10.2 Å². The molecule has 0 unspecified atom stereocenters. The molecule has 4 heteroatoms. The molecule has 2 aliphatic heterocycles. The number of hydrogen-bond acceptors (Lipinski definition) is 4. The average Bonchev–Trinajstić information content (AvgIpc) is 2.33. The number of hydrazone groups is 2. The van der Waals surface area contributed by atoms with Crippen molar-refractivity contribution in [1.29, 1.82) is 0 Å². The molecular weight excluding hydrogens is 116 g/mol. The third-order valence-corrected chi connectivity index (χ3v) is 1.19. The minimum Gasteiger partial charge on any atom is -0.180 e. The zero-order valence-electron chi connectivity index (χ0n) is 4.81. The normalized spacial score (nSPS) is 21.3. The molecule has 0 aliphatic carbocycles. The van der Waals surface area contributed by atoms with Crippen LogP contribution in [0.25, 0.3) is 0 Å². The van der Waals surface area contributed by atoms with E-state index >= 15 is 0 Å². The summed E-state index contributed by atoms with van der Waals surface area (Å²) in [4.78, 5) is 0. The molecule has 0 saturated carbocycles. The van der Waals surface area contributed by atoms with Gasteiger partial charge >= 0.3 is 0 Å². The number of fused-ring (bicyclic) bond motifs is 1. The van der Waals surface area contributed by atoms with Crippen molar-refractivity contribution in [2.45, 2.75) is 0 Å². The van der Waals surface area contributed by atoms with E-state index in [4.69, 9.17) is 0 Å². The van der Waals surface area contributed by atoms with E-state index in [2.05, 4.69) is 10.2 Å². The van der Waals surface area contributed by atoms with Crippen molar-refractivity contribution in [1.82, 2.24) is 10.2 Å². The molecular formula is C5H6N4. The first-order chi connectivity index (χ1) is 4.47. The lowest BCUT2D eigenvalue weighted by molar-refractivity contribution is 0.0636. The molecule has 0 fully saturated rings. The maximum atomic E-state index is 4.01. The van der Waals surface area contributed by atoms with Gasteiger partial charge in [-0.25, -0.2) is 0 Å². The van der Waals surface area contributed by atoms with Crippen molar-refractivity contribution in [3.05, 3.63) is 12.3 Å². The van der Waals surface area contributed by atoms with Crippen molar-refractivity contribution in [3.8, 4) is 0 Å². The molecule has 0 aromatic heterocycles. The van der Waals surface area contributed by atoms with Gasteiger partial charge in [0.2, 0.25) is 0 Å². The van der Waals surface area contributed by atoms with Gasteiger partial charge in [0.05, 0.1) is 25.2 Å². The molecule has 2 heterocycles. The fourth-order valence-corrected chi connectivity index (χ4v) is 0.783. The van der Waals surface area contributed by atoms with Crippen LogP contribution < -0.4 is 0 Å². The molecule has 46 valence electrons. The molecule has 2 aliphatic rings. The van der Waals surface area contributed by atoms with Crippen LogP contribution in [-0.4, -0.2) is 29.2 Å². The lowest BCUT2D eigenvalue weighted by atomic mass is 10.6. The van der Waals surface area contributed by atoms with Gasteiger partial charge in [0.1, 0.15) is 0 Å². The van der Waals surface area contributed by atoms with Crippen LogP contribution in [0.5, 0.6) is 0 Å². The predicted octanol–water partition coefficient (Wildman–Crippen LogP) is 0.0179. The lowest BCUT2D eigenvalue weighted by Crippen LogP contribution is -2.27. The van der Waals surface area contributed by atoms with Crippen molar-refractivity contribution in [2.75, 3.05) is 6.54 Å². The summed E-state index contributed by atoms with van der Waals surface area (Å²) in [5.41, 5.74) is 0. The molecule has 0 radical (unpaired) electrons. The lowest BCUT2D eigenvalue weighted by Gasteiger charge is -2.21. The monoisotopic (exact) mass is 122 g/mol. The minimum atomic E-state index is 0.779. The van der Waals surface area contributed by atoms with E-state index < -0.39 is 0 Å². The fourth-order valence-electron chi connectivity index (χ4n) is 0.783. The Morgan fingerprint density at radius 2 is 2.33 bits per heavy atom. The summed E-state index contributed by atoms with van der Waals surface area (Å²) < 4.78 is 0. The van der Waals surface area contributed by atoms with Gasteiger partial charge < -0.3 is 0 Å². The Morgan fingerprint density at radius 3 is 3.22 bits per heavy atom. The topological polar surface area (TPSA) is 31.2 Å². The molecule has 4 nitrogen and oxygen atoms in total. The van der Waals surface area contributed by atoms with Gasteiger partial charge in [0.15, 0.2) is 0 Å². The fraction of sp³-hybridized carbons (Fsp3) is 0.200. The van der Waals surface area contributed by atoms with Crippen molar-refractivity contribution in [3.63, 3.8) is 0 Å². The van der Waals surface area contributed by atoms with Crippen molar-refractivity contribution >= 4 is 12.4 Å². The van der Waals surface area contributed by atoms with Crippen molar-refractivity contribution < 1.29 is 0 Å². The Kier molecular flexibility index (Phi) is 0.798. The molecule has 0 saturated heterocycles. The van der Waals surface area contributed by atoms with Gasteiger partial charge in [-0.2, -0.15) is 20.4 Å². The second kappa shape index (κ2) is 1.58. The van der Waals surface area contributed by atoms with Crippen LogP contribution in [0.15, 0.2) is 22.5 Å². The highest BCUT2D eigenvalue weighted by Gasteiger charge is 2.12. The summed E-state index contributed by atoms with van der Waals surface area (Å²) in [6.45, 7) is 0.779. The molecule has 0 N–H and O–H groups in total. The number of allylic oxidation sites excluding steroid dienone is 1. The zero-order chi connectivity index (χ0) is 6.10. The first-order valence-electron chi connectivity index (χ1n) is 2.77. The first-order valence-corrected chi connectivity index (χ1v) is 2.77. The predicted molar refractivity (Wildman–Crippen MR) is 34.7 cm³/mol. The maximum Gasteiger partial charge on any atom is 0.0977 e. The average molecular weight is 122 g/mol. The van der Waals surface area contributed by atoms with E-state index in [1.807, 2.05) is 18.5 Å². The van der Waals surface area contributed by atoms with E-state index in [9.17, 15) is 0 Å². The molecule has 0 atom stereocenters. The van der Waals surface area contributed by atoms with Gasteiger partial charge in [-0.15, -0.1) is 0 Å². The van der Waals surface area contributed by atoms with Gasteiger partial charge in [-0.1, -0.05) is 0 Å². The number of rotatable bonds is 0. The number of nitrogens with zero attached hydrogens (tertiary/aromatic N) is 4. The second-order valence-corrected chi connectivity index (χ2v) is 1.78. The Morgan fingerprint density at radius 1 is 1.33 bits per heavy atom. The summed E-state index contributed by atoms with van der Waals surface area (Å²) in [6, 6.07) is 0. The molecule has 2 rings (SSSR count). The van der Waals surface area contributed by atoms with Crippen LogP contribution in [-0.2, 0) is 0 Å². The largest absolute Gasteiger partial charge is 0.180 e. The Hall–Kier alpha value is -1.32. The third kappa shape index (κ3) is 0.595. The first kappa shape index (κ1) is 4.55. The quantitative estimate of drug-likeness (QED) is 0.453. The van der Waals surface area contributed by atoms with Crippen LogP contribution in [0.4, 0.5) is 0 Å². The van der Waals surface area contributed by atoms with E-state index in [0.29, 0.717) is 0 Å². The summed E-state index contributed by atoms with van der Waals surface area (Å²) in [6.07, 6.45) is 7.26. The second-order valence-electron chi connectivity index (χ2n) is 1.78. The van der Waals surface area contributed by atoms with Crippen LogP contribution >= 0.6 is 0 Å². The Balaban J connectivity index is 2.25. The molecule has 0 amide bonds. The summed E-state index contributed by atoms with van der Waals surface area (Å²) in [5, 5.41) is 11.5. The highest BCUT2D eigenvalue weighted by Crippen LogP contribution is 2.07. The van der Waals surface area contributed by atoms with Crippen LogP contribution in [0, 0.1) is 0 Å². The molecule has 0 spiro atoms. The van der Waals surface area contributed by atoms with E-state index in [0.717, 1.165) is 6.54 Å². The van der Waals surface area contributed by atoms with Gasteiger partial charge in [0, 0.05) is 0 Å². The van der Waals surface area contributed by atoms with Gasteiger partial charge in [-0.3, -0.25) is 0 Å². The van der Waals surface area contributed by atoms with Crippen LogP contribution in [0.2, 0.25) is 0 Å². The van der Waals surface area contributed by atoms with E-state index in [1.165, 1.54) is 0 Å². The number of hydrazine groups is 1. The van der Waals surface area contributed by atoms with Crippen LogP contribution in [0.1, 0.15) is 0 Å². The molecule has 9 heavy (non-hydrogen) atoms. The standard InChI is InChI=1S/C5H6N4/c1-2-6-9-5-3-7-8(9)4-1/h1-4H,5H2. The SMILES string of the molecule is C1=CN2N=CCN2N=C1. The summed E-state index contributed by atoms with van der Waals surface area (Å²) in [7, 11) is 0. The highest BCUT2D eigenvalue weighted by molar-refractivity contribution is 5.72.